The van der Waals surface area contributed by atoms with Crippen molar-refractivity contribution in [2.45, 2.75) is 19.3 Å². The van der Waals surface area contributed by atoms with E-state index in [-0.39, 0.29) is 11.7 Å². The molecule has 0 radical (unpaired) electrons. The van der Waals surface area contributed by atoms with Gasteiger partial charge in [-0.25, -0.2) is 9.98 Å². The van der Waals surface area contributed by atoms with Gasteiger partial charge in [0.05, 0.1) is 16.7 Å². The van der Waals surface area contributed by atoms with Crippen molar-refractivity contribution in [3.63, 3.8) is 0 Å². The van der Waals surface area contributed by atoms with E-state index in [0.717, 1.165) is 36.9 Å². The predicted molar refractivity (Wildman–Crippen MR) is 125 cm³/mol. The molecule has 0 amide bonds. The van der Waals surface area contributed by atoms with E-state index in [4.69, 9.17) is 15.2 Å². The summed E-state index contributed by atoms with van der Waals surface area (Å²) in [4.78, 5) is 24.6. The fourth-order valence-corrected chi connectivity index (χ4v) is 3.65. The number of ketones is 1. The predicted octanol–water partition coefficient (Wildman–Crippen LogP) is 4.37. The number of para-hydroxylation sites is 2. The van der Waals surface area contributed by atoms with Crippen LogP contribution in [0.1, 0.15) is 35.4 Å². The number of H-pyrrole nitrogens is 1. The van der Waals surface area contributed by atoms with E-state index in [1.54, 1.807) is 36.6 Å². The SMILES string of the molecule is C=CC=N/C(Oc1ccc(C(=O)c2nc3ccccc3[nH]2)cc1)=C(\N)[C@H]1CCCOCC1. The Kier molecular flexibility index (Phi) is 6.77. The van der Waals surface area contributed by atoms with Crippen LogP contribution in [0.3, 0.4) is 0 Å². The summed E-state index contributed by atoms with van der Waals surface area (Å²) in [5, 5.41) is 0. The van der Waals surface area contributed by atoms with Gasteiger partial charge in [-0.3, -0.25) is 4.79 Å². The second kappa shape index (κ2) is 10.1. The van der Waals surface area contributed by atoms with Crippen LogP contribution in [0.2, 0.25) is 0 Å². The van der Waals surface area contributed by atoms with Crippen LogP contribution >= 0.6 is 0 Å². The number of hydrogen-bond acceptors (Lipinski definition) is 6. The van der Waals surface area contributed by atoms with Crippen LogP contribution in [0, 0.1) is 5.92 Å². The number of rotatable bonds is 7. The van der Waals surface area contributed by atoms with Gasteiger partial charge >= 0.3 is 0 Å². The summed E-state index contributed by atoms with van der Waals surface area (Å²) in [6.45, 7) is 5.08. The molecule has 0 unspecified atom stereocenters. The molecule has 0 bridgehead atoms. The molecule has 1 aromatic heterocycles. The number of fused-ring (bicyclic) bond motifs is 1. The van der Waals surface area contributed by atoms with Crippen molar-refractivity contribution >= 4 is 23.0 Å². The Bertz CT molecular complexity index is 1120. The maximum atomic E-state index is 12.8. The number of ether oxygens (including phenoxy) is 2. The summed E-state index contributed by atoms with van der Waals surface area (Å²) in [6, 6.07) is 14.4. The molecule has 2 heterocycles. The normalized spacial score (nSPS) is 17.7. The first kappa shape index (κ1) is 21.5. The van der Waals surface area contributed by atoms with Crippen molar-refractivity contribution in [2.75, 3.05) is 13.2 Å². The highest BCUT2D eigenvalue weighted by Gasteiger charge is 2.20. The third-order valence-corrected chi connectivity index (χ3v) is 5.37. The molecule has 3 aromatic rings. The molecule has 0 spiro atoms. The third kappa shape index (κ3) is 4.95. The zero-order valence-corrected chi connectivity index (χ0v) is 17.8. The number of carbonyl (C=O) groups excluding carboxylic acids is 1. The number of aliphatic imine (C=N–C) groups is 1. The van der Waals surface area contributed by atoms with Gasteiger partial charge < -0.3 is 20.2 Å². The van der Waals surface area contributed by atoms with E-state index >= 15 is 0 Å². The number of hydrogen-bond donors (Lipinski definition) is 2. The van der Waals surface area contributed by atoms with Gasteiger partial charge in [-0.1, -0.05) is 24.8 Å². The van der Waals surface area contributed by atoms with Gasteiger partial charge in [0.2, 0.25) is 11.7 Å². The molecule has 7 nitrogen and oxygen atoms in total. The number of nitrogens with one attached hydrogen (secondary N) is 1. The number of carbonyl (C=O) groups is 1. The van der Waals surface area contributed by atoms with E-state index in [0.29, 0.717) is 35.3 Å². The van der Waals surface area contributed by atoms with Crippen LogP contribution in [0.25, 0.3) is 11.0 Å². The lowest BCUT2D eigenvalue weighted by Gasteiger charge is -2.17. The Labute approximate surface area is 186 Å². The lowest BCUT2D eigenvalue weighted by atomic mass is 9.97. The molecule has 1 aliphatic heterocycles. The van der Waals surface area contributed by atoms with Crippen molar-refractivity contribution in [3.05, 3.63) is 84.2 Å². The summed E-state index contributed by atoms with van der Waals surface area (Å²) in [5.41, 5.74) is 9.10. The minimum absolute atomic E-state index is 0.142. The molecule has 1 fully saturated rings. The summed E-state index contributed by atoms with van der Waals surface area (Å²) in [5.74, 6) is 1.13. The maximum absolute atomic E-state index is 12.8. The molecule has 7 heteroatoms. The smallest absolute Gasteiger partial charge is 0.238 e. The minimum atomic E-state index is -0.189. The molecule has 32 heavy (non-hydrogen) atoms. The fraction of sp³-hybridized carbons (Fsp3) is 0.240. The lowest BCUT2D eigenvalue weighted by molar-refractivity contribution is 0.103. The average molecular weight is 431 g/mol. The minimum Gasteiger partial charge on any atom is -0.437 e. The molecule has 1 saturated heterocycles. The number of nitrogens with two attached hydrogens (primary N) is 1. The molecule has 0 aliphatic carbocycles. The van der Waals surface area contributed by atoms with E-state index in [1.165, 1.54) is 0 Å². The monoisotopic (exact) mass is 430 g/mol. The molecular formula is C25H26N4O3. The first-order valence-electron chi connectivity index (χ1n) is 10.7. The van der Waals surface area contributed by atoms with Crippen LogP contribution in [0.4, 0.5) is 0 Å². The average Bonchev–Trinajstić information content (AvgIpc) is 3.07. The molecule has 2 aromatic carbocycles. The molecule has 1 atom stereocenters. The van der Waals surface area contributed by atoms with Crippen molar-refractivity contribution in [2.24, 2.45) is 16.6 Å². The van der Waals surface area contributed by atoms with Gasteiger partial charge in [-0.15, -0.1) is 0 Å². The number of allylic oxidation sites excluding steroid dienone is 2. The molecule has 164 valence electrons. The van der Waals surface area contributed by atoms with E-state index in [9.17, 15) is 4.79 Å². The Balaban J connectivity index is 1.53. The number of aromatic amines is 1. The van der Waals surface area contributed by atoms with Crippen LogP contribution in [0.15, 0.2) is 77.8 Å². The van der Waals surface area contributed by atoms with Crippen molar-refractivity contribution < 1.29 is 14.3 Å². The zero-order chi connectivity index (χ0) is 22.3. The highest BCUT2D eigenvalue weighted by molar-refractivity contribution is 6.08. The van der Waals surface area contributed by atoms with Crippen LogP contribution in [-0.4, -0.2) is 35.2 Å². The topological polar surface area (TPSA) is 103 Å². The van der Waals surface area contributed by atoms with Gasteiger partial charge in [-0.2, -0.15) is 0 Å². The van der Waals surface area contributed by atoms with Crippen molar-refractivity contribution in [1.82, 2.24) is 9.97 Å². The highest BCUT2D eigenvalue weighted by Crippen LogP contribution is 2.26. The maximum Gasteiger partial charge on any atom is 0.238 e. The van der Waals surface area contributed by atoms with Crippen molar-refractivity contribution in [1.29, 1.82) is 0 Å². The van der Waals surface area contributed by atoms with Gasteiger partial charge in [0.1, 0.15) is 5.75 Å². The highest BCUT2D eigenvalue weighted by atomic mass is 16.5. The Morgan fingerprint density at radius 3 is 2.78 bits per heavy atom. The Morgan fingerprint density at radius 2 is 2.00 bits per heavy atom. The Morgan fingerprint density at radius 1 is 1.19 bits per heavy atom. The molecule has 3 N–H and O–H groups in total. The van der Waals surface area contributed by atoms with Crippen LogP contribution < -0.4 is 10.5 Å². The fourth-order valence-electron chi connectivity index (χ4n) is 3.65. The van der Waals surface area contributed by atoms with Gasteiger partial charge in [0.25, 0.3) is 0 Å². The van der Waals surface area contributed by atoms with Gasteiger partial charge in [0, 0.05) is 30.9 Å². The summed E-state index contributed by atoms with van der Waals surface area (Å²) < 4.78 is 11.5. The summed E-state index contributed by atoms with van der Waals surface area (Å²) >= 11 is 0. The van der Waals surface area contributed by atoms with Gasteiger partial charge in [-0.05, 0) is 55.7 Å². The summed E-state index contributed by atoms with van der Waals surface area (Å²) in [7, 11) is 0. The standard InChI is InChI=1S/C25H26N4O3/c1-2-14-27-25(22(26)17-6-5-15-31-16-13-17)32-19-11-9-18(10-12-19)23(30)24-28-20-7-3-4-8-21(20)29-24/h2-4,7-12,14,17H,1,5-6,13,15-16,26H2,(H,28,29)/b25-22+,27-14?/t17-/m0/s1. The number of imidazole rings is 1. The van der Waals surface area contributed by atoms with Gasteiger partial charge in [0.15, 0.2) is 5.82 Å². The van der Waals surface area contributed by atoms with E-state index < -0.39 is 0 Å². The summed E-state index contributed by atoms with van der Waals surface area (Å²) in [6.07, 6.45) is 5.82. The van der Waals surface area contributed by atoms with E-state index in [2.05, 4.69) is 21.5 Å². The number of aromatic nitrogens is 2. The molecular weight excluding hydrogens is 404 g/mol. The first-order valence-corrected chi connectivity index (χ1v) is 10.7. The van der Waals surface area contributed by atoms with Crippen molar-refractivity contribution in [3.8, 4) is 5.75 Å². The first-order chi connectivity index (χ1) is 15.7. The second-order valence-corrected chi connectivity index (χ2v) is 7.57. The molecule has 4 rings (SSSR count). The number of benzene rings is 2. The second-order valence-electron chi connectivity index (χ2n) is 7.57. The molecule has 0 saturated carbocycles. The Hall–Kier alpha value is -3.71. The number of nitrogens with zero attached hydrogens (tertiary/aromatic N) is 2. The van der Waals surface area contributed by atoms with Crippen LogP contribution in [0.5, 0.6) is 5.75 Å². The quantitative estimate of drug-likeness (QED) is 0.329. The van der Waals surface area contributed by atoms with E-state index in [1.807, 2.05) is 24.3 Å². The zero-order valence-electron chi connectivity index (χ0n) is 17.8. The van der Waals surface area contributed by atoms with Crippen LogP contribution in [-0.2, 0) is 4.74 Å². The molecule has 1 aliphatic rings. The lowest BCUT2D eigenvalue weighted by Crippen LogP contribution is -2.17. The third-order valence-electron chi connectivity index (χ3n) is 5.37. The largest absolute Gasteiger partial charge is 0.437 e.